The summed E-state index contributed by atoms with van der Waals surface area (Å²) in [7, 11) is 2.20. The van der Waals surface area contributed by atoms with Crippen LogP contribution in [0.2, 0.25) is 0 Å². The van der Waals surface area contributed by atoms with E-state index in [1.165, 1.54) is 25.9 Å². The van der Waals surface area contributed by atoms with Crippen LogP contribution in [0.5, 0.6) is 0 Å². The minimum atomic E-state index is 0.755. The van der Waals surface area contributed by atoms with E-state index in [9.17, 15) is 0 Å². The molecule has 0 aromatic carbocycles. The average Bonchev–Trinajstić information content (AvgIpc) is 2.45. The van der Waals surface area contributed by atoms with E-state index in [-0.39, 0.29) is 0 Å². The van der Waals surface area contributed by atoms with E-state index >= 15 is 0 Å². The van der Waals surface area contributed by atoms with Gasteiger partial charge in [0.15, 0.2) is 0 Å². The zero-order valence-electron chi connectivity index (χ0n) is 8.05. The summed E-state index contributed by atoms with van der Waals surface area (Å²) in [4.78, 5) is 2.41. The highest BCUT2D eigenvalue weighted by Gasteiger charge is 2.18. The summed E-state index contributed by atoms with van der Waals surface area (Å²) in [6.45, 7) is 5.41. The molecule has 0 saturated carbocycles. The summed E-state index contributed by atoms with van der Waals surface area (Å²) < 4.78 is 0. The van der Waals surface area contributed by atoms with Gasteiger partial charge in [-0.15, -0.1) is 0 Å². The lowest BCUT2D eigenvalue weighted by Crippen LogP contribution is -2.25. The molecule has 0 aromatic heterocycles. The summed E-state index contributed by atoms with van der Waals surface area (Å²) in [6, 6.07) is 0. The van der Waals surface area contributed by atoms with Crippen molar-refractivity contribution in [2.45, 2.75) is 12.8 Å². The highest BCUT2D eigenvalue weighted by Crippen LogP contribution is 2.16. The highest BCUT2D eigenvalue weighted by molar-refractivity contribution is 4.73. The van der Waals surface area contributed by atoms with E-state index in [0.29, 0.717) is 0 Å². The smallest absolute Gasteiger partial charge is 0.00745 e. The molecule has 1 heterocycles. The van der Waals surface area contributed by atoms with Crippen molar-refractivity contribution in [2.75, 3.05) is 39.8 Å². The van der Waals surface area contributed by atoms with Crippen LogP contribution in [0.25, 0.3) is 0 Å². The van der Waals surface area contributed by atoms with Crippen LogP contribution in [0.3, 0.4) is 0 Å². The van der Waals surface area contributed by atoms with Crippen LogP contribution in [0, 0.1) is 5.92 Å². The molecule has 0 spiro atoms. The number of hydrogen-bond donors (Lipinski definition) is 2. The average molecular weight is 171 g/mol. The molecule has 3 heteroatoms. The van der Waals surface area contributed by atoms with E-state index in [0.717, 1.165) is 25.6 Å². The maximum Gasteiger partial charge on any atom is 0.00745 e. The third-order valence-corrected chi connectivity index (χ3v) is 2.54. The van der Waals surface area contributed by atoms with Crippen LogP contribution in [-0.4, -0.2) is 44.7 Å². The first-order chi connectivity index (χ1) is 5.83. The molecule has 1 aliphatic heterocycles. The van der Waals surface area contributed by atoms with Gasteiger partial charge >= 0.3 is 0 Å². The van der Waals surface area contributed by atoms with Gasteiger partial charge in [-0.05, 0) is 38.9 Å². The second-order valence-corrected chi connectivity index (χ2v) is 3.74. The minimum absolute atomic E-state index is 0.755. The monoisotopic (exact) mass is 171 g/mol. The van der Waals surface area contributed by atoms with Gasteiger partial charge in [-0.3, -0.25) is 0 Å². The Kier molecular flexibility index (Phi) is 4.58. The van der Waals surface area contributed by atoms with E-state index in [4.69, 9.17) is 5.73 Å². The van der Waals surface area contributed by atoms with Crippen molar-refractivity contribution in [1.82, 2.24) is 10.2 Å². The van der Waals surface area contributed by atoms with E-state index < -0.39 is 0 Å². The molecule has 1 saturated heterocycles. The molecule has 0 bridgehead atoms. The summed E-state index contributed by atoms with van der Waals surface area (Å²) in [5.74, 6) is 0.917. The maximum absolute atomic E-state index is 5.37. The van der Waals surface area contributed by atoms with Gasteiger partial charge in [0.25, 0.3) is 0 Å². The van der Waals surface area contributed by atoms with Crippen molar-refractivity contribution < 1.29 is 0 Å². The fourth-order valence-electron chi connectivity index (χ4n) is 1.80. The molecular formula is C9H21N3. The molecule has 1 atom stereocenters. The molecule has 0 radical (unpaired) electrons. The Morgan fingerprint density at radius 2 is 2.33 bits per heavy atom. The van der Waals surface area contributed by atoms with E-state index in [2.05, 4.69) is 17.3 Å². The van der Waals surface area contributed by atoms with Gasteiger partial charge in [0, 0.05) is 19.6 Å². The SMILES string of the molecule is CN1CCC(CCNCCN)C1. The van der Waals surface area contributed by atoms with Gasteiger partial charge in [0.2, 0.25) is 0 Å². The molecule has 1 fully saturated rings. The highest BCUT2D eigenvalue weighted by atomic mass is 15.1. The lowest BCUT2D eigenvalue weighted by molar-refractivity contribution is 0.385. The second-order valence-electron chi connectivity index (χ2n) is 3.74. The molecule has 0 amide bonds. The third-order valence-electron chi connectivity index (χ3n) is 2.54. The van der Waals surface area contributed by atoms with Gasteiger partial charge < -0.3 is 16.0 Å². The molecule has 3 N–H and O–H groups in total. The summed E-state index contributed by atoms with van der Waals surface area (Å²) >= 11 is 0. The predicted octanol–water partition coefficient (Wildman–Crippen LogP) is -0.123. The lowest BCUT2D eigenvalue weighted by Gasteiger charge is -2.10. The predicted molar refractivity (Wildman–Crippen MR) is 52.1 cm³/mol. The first kappa shape index (κ1) is 9.96. The number of hydrogen-bond acceptors (Lipinski definition) is 3. The number of nitrogens with zero attached hydrogens (tertiary/aromatic N) is 1. The Bertz CT molecular complexity index is 116. The van der Waals surface area contributed by atoms with Crippen molar-refractivity contribution in [3.8, 4) is 0 Å². The molecule has 12 heavy (non-hydrogen) atoms. The Hall–Kier alpha value is -0.120. The standard InChI is InChI=1S/C9H21N3/c1-12-7-3-9(8-12)2-5-11-6-4-10/h9,11H,2-8,10H2,1H3. The van der Waals surface area contributed by atoms with Crippen LogP contribution in [-0.2, 0) is 0 Å². The van der Waals surface area contributed by atoms with Crippen LogP contribution in [0.4, 0.5) is 0 Å². The van der Waals surface area contributed by atoms with E-state index in [1.54, 1.807) is 0 Å². The Labute approximate surface area is 75.3 Å². The molecule has 1 rings (SSSR count). The topological polar surface area (TPSA) is 41.3 Å². The van der Waals surface area contributed by atoms with Crippen LogP contribution in [0.15, 0.2) is 0 Å². The first-order valence-corrected chi connectivity index (χ1v) is 4.92. The third kappa shape index (κ3) is 3.52. The summed E-state index contributed by atoms with van der Waals surface area (Å²) in [6.07, 6.45) is 2.69. The maximum atomic E-state index is 5.37. The zero-order valence-corrected chi connectivity index (χ0v) is 8.05. The van der Waals surface area contributed by atoms with Crippen molar-refractivity contribution in [3.05, 3.63) is 0 Å². The van der Waals surface area contributed by atoms with Crippen LogP contribution in [0.1, 0.15) is 12.8 Å². The first-order valence-electron chi connectivity index (χ1n) is 4.92. The normalized spacial score (nSPS) is 25.0. The molecule has 0 aromatic rings. The van der Waals surface area contributed by atoms with Gasteiger partial charge in [-0.25, -0.2) is 0 Å². The Morgan fingerprint density at radius 3 is 2.92 bits per heavy atom. The van der Waals surface area contributed by atoms with Crippen molar-refractivity contribution >= 4 is 0 Å². The lowest BCUT2D eigenvalue weighted by atomic mass is 10.1. The number of likely N-dealkylation sites (tertiary alicyclic amines) is 1. The van der Waals surface area contributed by atoms with Gasteiger partial charge in [-0.1, -0.05) is 0 Å². The summed E-state index contributed by atoms with van der Waals surface area (Å²) in [5, 5.41) is 3.33. The number of nitrogens with two attached hydrogens (primary N) is 1. The molecular weight excluding hydrogens is 150 g/mol. The quantitative estimate of drug-likeness (QED) is 0.567. The fraction of sp³-hybridized carbons (Fsp3) is 1.00. The van der Waals surface area contributed by atoms with Gasteiger partial charge in [-0.2, -0.15) is 0 Å². The molecule has 1 aliphatic rings. The number of nitrogens with one attached hydrogen (secondary N) is 1. The molecule has 3 nitrogen and oxygen atoms in total. The largest absolute Gasteiger partial charge is 0.329 e. The van der Waals surface area contributed by atoms with Crippen LogP contribution < -0.4 is 11.1 Å². The fourth-order valence-corrected chi connectivity index (χ4v) is 1.80. The van der Waals surface area contributed by atoms with Crippen molar-refractivity contribution in [3.63, 3.8) is 0 Å². The van der Waals surface area contributed by atoms with Gasteiger partial charge in [0.1, 0.15) is 0 Å². The van der Waals surface area contributed by atoms with Crippen molar-refractivity contribution in [1.29, 1.82) is 0 Å². The Morgan fingerprint density at radius 1 is 1.50 bits per heavy atom. The summed E-state index contributed by atoms with van der Waals surface area (Å²) in [5.41, 5.74) is 5.37. The van der Waals surface area contributed by atoms with Crippen molar-refractivity contribution in [2.24, 2.45) is 11.7 Å². The molecule has 0 aliphatic carbocycles. The van der Waals surface area contributed by atoms with E-state index in [1.807, 2.05) is 0 Å². The minimum Gasteiger partial charge on any atom is -0.329 e. The molecule has 1 unspecified atom stereocenters. The second kappa shape index (κ2) is 5.51. The van der Waals surface area contributed by atoms with Crippen LogP contribution >= 0.6 is 0 Å². The molecule has 72 valence electrons. The zero-order chi connectivity index (χ0) is 8.81. The number of rotatable bonds is 5. The van der Waals surface area contributed by atoms with Gasteiger partial charge in [0.05, 0.1) is 0 Å². The Balaban J connectivity index is 1.93.